The van der Waals surface area contributed by atoms with Gasteiger partial charge in [0.1, 0.15) is 23.1 Å². The molecule has 2 atom stereocenters. The van der Waals surface area contributed by atoms with E-state index in [9.17, 15) is 16.3 Å². The first-order valence-electron chi connectivity index (χ1n) is 14.1. The number of fused-ring (bicyclic) bond motifs is 1. The van der Waals surface area contributed by atoms with Gasteiger partial charge in [-0.05, 0) is 54.7 Å². The fourth-order valence-electron chi connectivity index (χ4n) is 4.92. The second kappa shape index (κ2) is 11.6. The van der Waals surface area contributed by atoms with Crippen molar-refractivity contribution < 1.29 is 10.2 Å². The average molecular weight is 562 g/mol. The zero-order valence-corrected chi connectivity index (χ0v) is 22.4. The van der Waals surface area contributed by atoms with Crippen molar-refractivity contribution in [1.82, 2.24) is 20.0 Å². The number of halogens is 2. The van der Waals surface area contributed by atoms with Crippen molar-refractivity contribution in [2.75, 3.05) is 10.6 Å². The lowest BCUT2D eigenvalue weighted by Gasteiger charge is -2.23. The first-order chi connectivity index (χ1) is 20.9. The van der Waals surface area contributed by atoms with Crippen molar-refractivity contribution in [2.24, 2.45) is 0 Å². The van der Waals surface area contributed by atoms with E-state index in [4.69, 9.17) is 0 Å². The summed E-state index contributed by atoms with van der Waals surface area (Å²) in [6.07, 6.45) is 5.65. The van der Waals surface area contributed by atoms with E-state index in [1.165, 1.54) is 36.5 Å². The standard InChI is InChI=1S/C32H26F2N8/c33-23-10-8-21(9-11-23)31(29-19-42(41-40-29)25-12-13-25)38-24-15-26-30(22(17-36)18-37-32(26)27(34)16-24)39-28(7-4-14-35)20-5-2-1-3-6-20/h1-3,5-6,8-11,15-16,18-19,25,28,31,38H,4,7,12-13H2,(H,37,39)/t28?,31-/m0/s1/i31D. The molecule has 42 heavy (non-hydrogen) atoms. The number of rotatable bonds is 10. The lowest BCUT2D eigenvalue weighted by Crippen LogP contribution is -2.14. The molecule has 2 heterocycles. The number of nitrogens with zero attached hydrogens (tertiary/aromatic N) is 6. The van der Waals surface area contributed by atoms with E-state index < -0.39 is 17.7 Å². The van der Waals surface area contributed by atoms with E-state index in [0.717, 1.165) is 18.4 Å². The van der Waals surface area contributed by atoms with Crippen LogP contribution in [0.15, 0.2) is 79.1 Å². The summed E-state index contributed by atoms with van der Waals surface area (Å²) in [5.74, 6) is -1.12. The molecule has 5 aromatic rings. The number of benzene rings is 3. The van der Waals surface area contributed by atoms with Gasteiger partial charge in [0.05, 0.1) is 43.0 Å². The highest BCUT2D eigenvalue weighted by atomic mass is 19.1. The minimum absolute atomic E-state index is 0.0381. The number of nitriles is 2. The second-order valence-electron chi connectivity index (χ2n) is 10.1. The zero-order valence-electron chi connectivity index (χ0n) is 23.4. The summed E-state index contributed by atoms with van der Waals surface area (Å²) < 4.78 is 40.7. The normalized spacial score (nSPS) is 15.2. The number of anilines is 2. The highest BCUT2D eigenvalue weighted by molar-refractivity contribution is 5.96. The van der Waals surface area contributed by atoms with E-state index in [-0.39, 0.29) is 41.0 Å². The van der Waals surface area contributed by atoms with Gasteiger partial charge in [0, 0.05) is 23.7 Å². The molecule has 1 aliphatic rings. The molecule has 6 rings (SSSR count). The minimum Gasteiger partial charge on any atom is -0.377 e. The Labute approximate surface area is 242 Å². The summed E-state index contributed by atoms with van der Waals surface area (Å²) in [4.78, 5) is 4.22. The fraction of sp³-hybridized carbons (Fsp3) is 0.219. The highest BCUT2D eigenvalue weighted by Gasteiger charge is 2.27. The van der Waals surface area contributed by atoms with Crippen LogP contribution in [0.3, 0.4) is 0 Å². The Bertz CT molecular complexity index is 1860. The molecule has 1 unspecified atom stereocenters. The molecule has 0 amide bonds. The number of aromatic nitrogens is 4. The van der Waals surface area contributed by atoms with Crippen molar-refractivity contribution in [3.8, 4) is 12.1 Å². The maximum absolute atomic E-state index is 15.7. The van der Waals surface area contributed by atoms with E-state index in [2.05, 4.69) is 38.1 Å². The zero-order chi connectivity index (χ0) is 30.0. The number of nitrogens with one attached hydrogen (secondary N) is 2. The molecule has 0 aliphatic heterocycles. The molecule has 2 N–H and O–H groups in total. The Kier molecular flexibility index (Phi) is 7.09. The van der Waals surface area contributed by atoms with Crippen LogP contribution >= 0.6 is 0 Å². The van der Waals surface area contributed by atoms with Crippen LogP contribution in [0, 0.1) is 34.3 Å². The van der Waals surface area contributed by atoms with E-state index >= 15 is 4.39 Å². The van der Waals surface area contributed by atoms with Gasteiger partial charge in [-0.25, -0.2) is 13.5 Å². The predicted molar refractivity (Wildman–Crippen MR) is 154 cm³/mol. The fourth-order valence-corrected chi connectivity index (χ4v) is 4.92. The van der Waals surface area contributed by atoms with Gasteiger partial charge in [0.25, 0.3) is 0 Å². The third kappa shape index (κ3) is 5.61. The van der Waals surface area contributed by atoms with Gasteiger partial charge in [-0.3, -0.25) is 4.98 Å². The summed E-state index contributed by atoms with van der Waals surface area (Å²) >= 11 is 0. The largest absolute Gasteiger partial charge is 0.377 e. The molecule has 8 nitrogen and oxygen atoms in total. The van der Waals surface area contributed by atoms with Crippen LogP contribution < -0.4 is 10.6 Å². The lowest BCUT2D eigenvalue weighted by molar-refractivity contribution is 0.610. The van der Waals surface area contributed by atoms with Crippen molar-refractivity contribution >= 4 is 22.3 Å². The third-order valence-electron chi connectivity index (χ3n) is 7.20. The number of hydrogen-bond acceptors (Lipinski definition) is 7. The van der Waals surface area contributed by atoms with Gasteiger partial charge in [0.15, 0.2) is 5.82 Å². The third-order valence-corrected chi connectivity index (χ3v) is 7.20. The van der Waals surface area contributed by atoms with Crippen LogP contribution in [-0.4, -0.2) is 20.0 Å². The number of hydrogen-bond donors (Lipinski definition) is 2. The summed E-state index contributed by atoms with van der Waals surface area (Å²) in [6, 6.07) is 20.2. The molecule has 1 aliphatic carbocycles. The Morgan fingerprint density at radius 3 is 2.52 bits per heavy atom. The SMILES string of the molecule is [2H][C@](Nc1cc(F)c2ncc(C#N)c(NC(CCC#N)c3ccccc3)c2c1)(c1ccc(F)cc1)c1cn(C2CC2)nn1. The summed E-state index contributed by atoms with van der Waals surface area (Å²) in [5.41, 5.74) is 2.36. The van der Waals surface area contributed by atoms with E-state index in [0.29, 0.717) is 23.1 Å². The van der Waals surface area contributed by atoms with Crippen LogP contribution in [-0.2, 0) is 0 Å². The Balaban J connectivity index is 1.45. The molecular formula is C32H26F2N8. The lowest BCUT2D eigenvalue weighted by atomic mass is 10.00. The summed E-state index contributed by atoms with van der Waals surface area (Å²) in [6.45, 7) is 0. The highest BCUT2D eigenvalue weighted by Crippen LogP contribution is 2.37. The molecule has 208 valence electrons. The van der Waals surface area contributed by atoms with Gasteiger partial charge < -0.3 is 10.6 Å². The van der Waals surface area contributed by atoms with Crippen LogP contribution in [0.25, 0.3) is 10.9 Å². The molecule has 0 saturated heterocycles. The first-order valence-corrected chi connectivity index (χ1v) is 13.6. The maximum Gasteiger partial charge on any atom is 0.151 e. The smallest absolute Gasteiger partial charge is 0.151 e. The summed E-state index contributed by atoms with van der Waals surface area (Å²) in [7, 11) is 0. The van der Waals surface area contributed by atoms with Crippen molar-refractivity contribution in [3.05, 3.63) is 113 Å². The molecule has 1 saturated carbocycles. The van der Waals surface area contributed by atoms with Crippen LogP contribution in [0.2, 0.25) is 0 Å². The van der Waals surface area contributed by atoms with Crippen molar-refractivity contribution in [2.45, 2.75) is 43.8 Å². The molecular weight excluding hydrogens is 534 g/mol. The first kappa shape index (κ1) is 25.6. The maximum atomic E-state index is 15.7. The molecule has 0 radical (unpaired) electrons. The van der Waals surface area contributed by atoms with Crippen molar-refractivity contribution in [3.63, 3.8) is 0 Å². The summed E-state index contributed by atoms with van der Waals surface area (Å²) in [5, 5.41) is 34.5. The van der Waals surface area contributed by atoms with Crippen LogP contribution in [0.4, 0.5) is 20.2 Å². The topological polar surface area (TPSA) is 115 Å². The predicted octanol–water partition coefficient (Wildman–Crippen LogP) is 6.97. The molecule has 3 aromatic carbocycles. The average Bonchev–Trinajstić information content (AvgIpc) is 3.75. The van der Waals surface area contributed by atoms with Gasteiger partial charge in [-0.1, -0.05) is 47.7 Å². The van der Waals surface area contributed by atoms with E-state index in [1.54, 1.807) is 16.9 Å². The molecule has 0 bridgehead atoms. The van der Waals surface area contributed by atoms with E-state index in [1.807, 2.05) is 30.3 Å². The number of pyridine rings is 1. The van der Waals surface area contributed by atoms with Crippen LogP contribution in [0.1, 0.15) is 67.5 Å². The monoisotopic (exact) mass is 561 g/mol. The van der Waals surface area contributed by atoms with Gasteiger partial charge in [-0.2, -0.15) is 10.5 Å². The quantitative estimate of drug-likeness (QED) is 0.189. The minimum atomic E-state index is -1.76. The Morgan fingerprint density at radius 1 is 1.02 bits per heavy atom. The van der Waals surface area contributed by atoms with Crippen molar-refractivity contribution in [1.29, 1.82) is 10.5 Å². The molecule has 1 fully saturated rings. The van der Waals surface area contributed by atoms with Gasteiger partial charge in [-0.15, -0.1) is 5.10 Å². The van der Waals surface area contributed by atoms with Gasteiger partial charge in [0.2, 0.25) is 0 Å². The molecule has 0 spiro atoms. The van der Waals surface area contributed by atoms with Gasteiger partial charge >= 0.3 is 0 Å². The Hall–Kier alpha value is -5.35. The molecule has 2 aromatic heterocycles. The second-order valence-corrected chi connectivity index (χ2v) is 10.1. The Morgan fingerprint density at radius 2 is 1.81 bits per heavy atom. The molecule has 10 heteroatoms. The van der Waals surface area contributed by atoms with Crippen LogP contribution in [0.5, 0.6) is 0 Å².